The highest BCUT2D eigenvalue weighted by Crippen LogP contribution is 2.35. The maximum atomic E-state index is 12.6. The van der Waals surface area contributed by atoms with Crippen molar-refractivity contribution in [3.05, 3.63) is 29.0 Å². The molecule has 25 heavy (non-hydrogen) atoms. The van der Waals surface area contributed by atoms with Gasteiger partial charge in [0.25, 0.3) is 0 Å². The highest BCUT2D eigenvalue weighted by atomic mass is 79.9. The zero-order valence-corrected chi connectivity index (χ0v) is 16.3. The Morgan fingerprint density at radius 2 is 2.00 bits per heavy atom. The molecule has 132 valence electrons. The molecule has 0 bridgehead atoms. The third-order valence-corrected chi connectivity index (χ3v) is 4.12. The smallest absolute Gasteiger partial charge is 0.435 e. The monoisotopic (exact) mass is 406 g/mol. The first-order valence-electron chi connectivity index (χ1n) is 7.68. The molecule has 0 N–H and O–H groups in total. The van der Waals surface area contributed by atoms with Crippen LogP contribution in [0.1, 0.15) is 20.8 Å². The number of fused-ring (bicyclic) bond motifs is 1. The van der Waals surface area contributed by atoms with Gasteiger partial charge in [0.15, 0.2) is 0 Å². The van der Waals surface area contributed by atoms with Gasteiger partial charge in [0, 0.05) is 24.2 Å². The van der Waals surface area contributed by atoms with Gasteiger partial charge in [0.1, 0.15) is 17.0 Å². The minimum Gasteiger partial charge on any atom is -0.496 e. The van der Waals surface area contributed by atoms with Crippen LogP contribution in [0.4, 0.5) is 4.79 Å². The lowest BCUT2D eigenvalue weighted by Crippen LogP contribution is -2.27. The van der Waals surface area contributed by atoms with Gasteiger partial charge in [-0.05, 0) is 48.8 Å². The van der Waals surface area contributed by atoms with E-state index in [0.717, 1.165) is 15.4 Å². The maximum absolute atomic E-state index is 12.6. The van der Waals surface area contributed by atoms with E-state index in [1.54, 1.807) is 24.1 Å². The fourth-order valence-electron chi connectivity index (χ4n) is 2.47. The molecule has 1 aromatic carbocycles. The van der Waals surface area contributed by atoms with Gasteiger partial charge in [-0.15, -0.1) is 0 Å². The lowest BCUT2D eigenvalue weighted by atomic mass is 10.1. The quantitative estimate of drug-likeness (QED) is 0.643. The number of carbonyl (C=O) groups is 1. The zero-order valence-electron chi connectivity index (χ0n) is 14.7. The average molecular weight is 407 g/mol. The number of ether oxygens (including phenoxy) is 2. The van der Waals surface area contributed by atoms with Crippen molar-refractivity contribution in [2.24, 2.45) is 7.05 Å². The van der Waals surface area contributed by atoms with Crippen molar-refractivity contribution in [3.8, 4) is 17.0 Å². The van der Waals surface area contributed by atoms with E-state index >= 15 is 0 Å². The van der Waals surface area contributed by atoms with Crippen LogP contribution in [0, 0.1) is 0 Å². The molecule has 0 aliphatic carbocycles. The van der Waals surface area contributed by atoms with Gasteiger partial charge in [-0.1, -0.05) is 0 Å². The van der Waals surface area contributed by atoms with Crippen LogP contribution in [0.25, 0.3) is 22.2 Å². The molecule has 3 rings (SSSR count). The maximum Gasteiger partial charge on any atom is 0.435 e. The number of carbonyl (C=O) groups excluding carboxylic acids is 1. The summed E-state index contributed by atoms with van der Waals surface area (Å²) in [6, 6.07) is 3.64. The van der Waals surface area contributed by atoms with Crippen molar-refractivity contribution in [1.82, 2.24) is 19.6 Å². The highest BCUT2D eigenvalue weighted by molar-refractivity contribution is 9.10. The standard InChI is InChI=1S/C17H19BrN4O3/c1-17(2,3)25-16(23)22-13-7-12(18)14(24-5)6-11(13)15(20-22)10-8-19-21(4)9-10/h6-9H,1-5H3. The van der Waals surface area contributed by atoms with Crippen LogP contribution < -0.4 is 4.74 Å². The van der Waals surface area contributed by atoms with Crippen LogP contribution in [0.2, 0.25) is 0 Å². The van der Waals surface area contributed by atoms with Gasteiger partial charge in [0.05, 0.1) is 23.3 Å². The molecule has 0 aliphatic rings. The van der Waals surface area contributed by atoms with Gasteiger partial charge in [-0.25, -0.2) is 4.79 Å². The Bertz CT molecular complexity index is 953. The molecule has 0 atom stereocenters. The number of nitrogens with zero attached hydrogens (tertiary/aromatic N) is 4. The molecule has 8 heteroatoms. The lowest BCUT2D eigenvalue weighted by Gasteiger charge is -2.19. The molecule has 2 aromatic heterocycles. The lowest BCUT2D eigenvalue weighted by molar-refractivity contribution is 0.0523. The molecule has 3 aromatic rings. The summed E-state index contributed by atoms with van der Waals surface area (Å²) in [6.45, 7) is 5.45. The predicted molar refractivity (Wildman–Crippen MR) is 97.8 cm³/mol. The van der Waals surface area contributed by atoms with Gasteiger partial charge >= 0.3 is 6.09 Å². The second-order valence-corrected chi connectivity index (χ2v) is 7.50. The summed E-state index contributed by atoms with van der Waals surface area (Å²) in [6.07, 6.45) is 3.01. The van der Waals surface area contributed by atoms with Crippen molar-refractivity contribution in [2.75, 3.05) is 7.11 Å². The number of benzene rings is 1. The Morgan fingerprint density at radius 3 is 2.56 bits per heavy atom. The minimum atomic E-state index is -0.618. The van der Waals surface area contributed by atoms with Crippen molar-refractivity contribution in [2.45, 2.75) is 26.4 Å². The Morgan fingerprint density at radius 1 is 1.28 bits per heavy atom. The van der Waals surface area contributed by atoms with E-state index in [1.807, 2.05) is 40.1 Å². The zero-order chi connectivity index (χ0) is 18.4. The molecule has 0 spiro atoms. The molecular formula is C17H19BrN4O3. The number of methoxy groups -OCH3 is 1. The Kier molecular flexibility index (Phi) is 4.32. The van der Waals surface area contributed by atoms with Gasteiger partial charge in [-0.2, -0.15) is 14.9 Å². The molecule has 7 nitrogen and oxygen atoms in total. The van der Waals surface area contributed by atoms with Crippen LogP contribution in [-0.4, -0.2) is 38.4 Å². The van der Waals surface area contributed by atoms with Gasteiger partial charge in [0.2, 0.25) is 0 Å². The Balaban J connectivity index is 2.24. The number of aromatic nitrogens is 4. The molecular weight excluding hydrogens is 388 g/mol. The van der Waals surface area contributed by atoms with Crippen LogP contribution >= 0.6 is 15.9 Å². The summed E-state index contributed by atoms with van der Waals surface area (Å²) in [5, 5.41) is 9.45. The van der Waals surface area contributed by atoms with E-state index in [1.165, 1.54) is 4.68 Å². The van der Waals surface area contributed by atoms with Gasteiger partial charge < -0.3 is 9.47 Å². The van der Waals surface area contributed by atoms with E-state index in [4.69, 9.17) is 9.47 Å². The normalized spacial score (nSPS) is 11.8. The van der Waals surface area contributed by atoms with Gasteiger partial charge in [-0.3, -0.25) is 4.68 Å². The number of hydrogen-bond donors (Lipinski definition) is 0. The molecule has 0 saturated carbocycles. The topological polar surface area (TPSA) is 71.2 Å². The first-order valence-corrected chi connectivity index (χ1v) is 8.47. The van der Waals surface area contributed by atoms with Crippen LogP contribution in [-0.2, 0) is 11.8 Å². The van der Waals surface area contributed by atoms with E-state index < -0.39 is 11.7 Å². The summed E-state index contributed by atoms with van der Waals surface area (Å²) in [4.78, 5) is 12.6. The van der Waals surface area contributed by atoms with Crippen LogP contribution in [0.15, 0.2) is 29.0 Å². The summed E-state index contributed by atoms with van der Waals surface area (Å²) in [7, 11) is 3.42. The van der Waals surface area contributed by atoms with E-state index in [2.05, 4.69) is 26.1 Å². The molecule has 0 saturated heterocycles. The minimum absolute atomic E-state index is 0.537. The van der Waals surface area contributed by atoms with Crippen molar-refractivity contribution < 1.29 is 14.3 Å². The fraction of sp³-hybridized carbons (Fsp3) is 0.353. The number of aryl methyl sites for hydroxylation is 1. The SMILES string of the molecule is COc1cc2c(-c3cnn(C)c3)nn(C(=O)OC(C)(C)C)c2cc1Br. The third-order valence-electron chi connectivity index (χ3n) is 3.50. The van der Waals surface area contributed by atoms with Crippen LogP contribution in [0.3, 0.4) is 0 Å². The number of rotatable bonds is 2. The molecule has 0 aliphatic heterocycles. The number of halogens is 1. The fourth-order valence-corrected chi connectivity index (χ4v) is 2.97. The van der Waals surface area contributed by atoms with Crippen molar-refractivity contribution >= 4 is 32.9 Å². The summed E-state index contributed by atoms with van der Waals surface area (Å²) >= 11 is 3.46. The van der Waals surface area contributed by atoms with Crippen molar-refractivity contribution in [1.29, 1.82) is 0 Å². The Hall–Kier alpha value is -2.35. The first-order chi connectivity index (χ1) is 11.7. The second kappa shape index (κ2) is 6.18. The summed E-state index contributed by atoms with van der Waals surface area (Å²) < 4.78 is 14.5. The third kappa shape index (κ3) is 3.39. The number of hydrogen-bond acceptors (Lipinski definition) is 5. The molecule has 0 amide bonds. The predicted octanol–water partition coefficient (Wildman–Crippen LogP) is 3.99. The van der Waals surface area contributed by atoms with E-state index in [0.29, 0.717) is 17.0 Å². The first kappa shape index (κ1) is 17.5. The molecule has 2 heterocycles. The van der Waals surface area contributed by atoms with Crippen molar-refractivity contribution in [3.63, 3.8) is 0 Å². The molecule has 0 fully saturated rings. The summed E-state index contributed by atoms with van der Waals surface area (Å²) in [5.74, 6) is 0.654. The highest BCUT2D eigenvalue weighted by Gasteiger charge is 2.24. The molecule has 0 radical (unpaired) electrons. The Labute approximate surface area is 153 Å². The second-order valence-electron chi connectivity index (χ2n) is 6.65. The van der Waals surface area contributed by atoms with E-state index in [-0.39, 0.29) is 0 Å². The summed E-state index contributed by atoms with van der Waals surface area (Å²) in [5.41, 5.74) is 1.45. The van der Waals surface area contributed by atoms with Crippen LogP contribution in [0.5, 0.6) is 5.75 Å². The van der Waals surface area contributed by atoms with E-state index in [9.17, 15) is 4.79 Å². The molecule has 0 unspecified atom stereocenters. The average Bonchev–Trinajstić information content (AvgIpc) is 3.08. The largest absolute Gasteiger partial charge is 0.496 e.